The van der Waals surface area contributed by atoms with E-state index in [2.05, 4.69) is 12.1 Å². The first kappa shape index (κ1) is 20.0. The highest BCUT2D eigenvalue weighted by Gasteiger charge is 2.15. The lowest BCUT2D eigenvalue weighted by Gasteiger charge is -2.04. The zero-order chi connectivity index (χ0) is 21.1. The number of aryl methyl sites for hydroxylation is 2. The van der Waals surface area contributed by atoms with Crippen LogP contribution in [0.4, 0.5) is 4.39 Å². The molecule has 30 heavy (non-hydrogen) atoms. The Bertz CT molecular complexity index is 1250. The number of halogens is 1. The van der Waals surface area contributed by atoms with E-state index < -0.39 is 10.0 Å². The molecule has 3 aromatic carbocycles. The molecule has 152 valence electrons. The van der Waals surface area contributed by atoms with E-state index in [-0.39, 0.29) is 10.7 Å². The average molecular weight is 421 g/mol. The van der Waals surface area contributed by atoms with E-state index in [0.717, 1.165) is 23.1 Å². The van der Waals surface area contributed by atoms with Crippen molar-refractivity contribution < 1.29 is 12.8 Å². The van der Waals surface area contributed by atoms with Gasteiger partial charge in [-0.15, -0.1) is 0 Å². The number of hydrogen-bond donors (Lipinski definition) is 1. The Hall–Kier alpha value is -3.29. The van der Waals surface area contributed by atoms with Gasteiger partial charge in [-0.1, -0.05) is 54.6 Å². The maximum absolute atomic E-state index is 13.4. The first-order valence-electron chi connectivity index (χ1n) is 9.41. The van der Waals surface area contributed by atoms with Gasteiger partial charge in [0, 0.05) is 23.9 Å². The molecule has 2 N–H and O–H groups in total. The van der Waals surface area contributed by atoms with Gasteiger partial charge in [0.1, 0.15) is 11.5 Å². The fraction of sp³-hybridized carbons (Fsp3) is 0.0870. The maximum atomic E-state index is 13.4. The molecule has 4 aromatic rings. The van der Waals surface area contributed by atoms with Crippen LogP contribution in [0, 0.1) is 5.82 Å². The molecule has 0 fully saturated rings. The zero-order valence-corrected chi connectivity index (χ0v) is 16.9. The highest BCUT2D eigenvalue weighted by atomic mass is 32.2. The molecule has 4 rings (SSSR count). The SMILES string of the molecule is NS(=O)(=O)c1ccc(-c2nn(CCc3ccccc3)cc2-c2ccc(F)cc2)cc1. The molecule has 0 radical (unpaired) electrons. The molecule has 0 saturated heterocycles. The van der Waals surface area contributed by atoms with E-state index in [1.165, 1.54) is 29.8 Å². The average Bonchev–Trinajstić information content (AvgIpc) is 3.17. The summed E-state index contributed by atoms with van der Waals surface area (Å²) in [5.41, 5.74) is 4.31. The van der Waals surface area contributed by atoms with Crippen molar-refractivity contribution in [1.29, 1.82) is 0 Å². The van der Waals surface area contributed by atoms with E-state index in [9.17, 15) is 12.8 Å². The van der Waals surface area contributed by atoms with Crippen molar-refractivity contribution in [3.05, 3.63) is 96.4 Å². The number of rotatable bonds is 6. The van der Waals surface area contributed by atoms with Gasteiger partial charge in [-0.3, -0.25) is 4.68 Å². The van der Waals surface area contributed by atoms with Gasteiger partial charge in [0.15, 0.2) is 0 Å². The van der Waals surface area contributed by atoms with Gasteiger partial charge >= 0.3 is 0 Å². The number of sulfonamides is 1. The van der Waals surface area contributed by atoms with Gasteiger partial charge in [0.2, 0.25) is 10.0 Å². The summed E-state index contributed by atoms with van der Waals surface area (Å²) in [4.78, 5) is 0.0399. The maximum Gasteiger partial charge on any atom is 0.238 e. The Kier molecular flexibility index (Phi) is 5.48. The summed E-state index contributed by atoms with van der Waals surface area (Å²) >= 11 is 0. The molecule has 0 aliphatic heterocycles. The molecule has 1 aromatic heterocycles. The van der Waals surface area contributed by atoms with E-state index in [0.29, 0.717) is 12.2 Å². The van der Waals surface area contributed by atoms with E-state index in [1.807, 2.05) is 29.1 Å². The van der Waals surface area contributed by atoms with Crippen molar-refractivity contribution in [3.8, 4) is 22.4 Å². The van der Waals surface area contributed by atoms with Crippen LogP contribution >= 0.6 is 0 Å². The number of nitrogens with zero attached hydrogens (tertiary/aromatic N) is 2. The van der Waals surface area contributed by atoms with Crippen LogP contribution in [0.1, 0.15) is 5.56 Å². The molecule has 0 bridgehead atoms. The first-order chi connectivity index (χ1) is 14.4. The number of benzene rings is 3. The minimum Gasteiger partial charge on any atom is -0.271 e. The van der Waals surface area contributed by atoms with Crippen LogP contribution < -0.4 is 5.14 Å². The van der Waals surface area contributed by atoms with Gasteiger partial charge < -0.3 is 0 Å². The number of nitrogens with two attached hydrogens (primary N) is 1. The quantitative estimate of drug-likeness (QED) is 0.506. The molecular formula is C23H20FN3O2S. The highest BCUT2D eigenvalue weighted by molar-refractivity contribution is 7.89. The molecule has 0 aliphatic rings. The fourth-order valence-corrected chi connectivity index (χ4v) is 3.80. The van der Waals surface area contributed by atoms with Crippen LogP contribution in [0.15, 0.2) is 90.0 Å². The van der Waals surface area contributed by atoms with Gasteiger partial charge in [-0.05, 0) is 41.8 Å². The van der Waals surface area contributed by atoms with Crippen LogP contribution in [0.3, 0.4) is 0 Å². The van der Waals surface area contributed by atoms with E-state index in [4.69, 9.17) is 10.2 Å². The van der Waals surface area contributed by atoms with Crippen LogP contribution in [-0.4, -0.2) is 18.2 Å². The second kappa shape index (κ2) is 8.22. The van der Waals surface area contributed by atoms with Crippen LogP contribution in [-0.2, 0) is 23.0 Å². The third-order valence-corrected chi connectivity index (χ3v) is 5.77. The third kappa shape index (κ3) is 4.48. The molecule has 0 spiro atoms. The summed E-state index contributed by atoms with van der Waals surface area (Å²) in [6, 6.07) is 22.6. The molecule has 5 nitrogen and oxygen atoms in total. The van der Waals surface area contributed by atoms with Crippen LogP contribution in [0.5, 0.6) is 0 Å². The lowest BCUT2D eigenvalue weighted by atomic mass is 10.0. The summed E-state index contributed by atoms with van der Waals surface area (Å²) in [6.07, 6.45) is 2.74. The van der Waals surface area contributed by atoms with Gasteiger partial charge in [0.25, 0.3) is 0 Å². The molecule has 7 heteroatoms. The first-order valence-corrected chi connectivity index (χ1v) is 11.0. The Morgan fingerprint density at radius 1 is 0.867 bits per heavy atom. The Balaban J connectivity index is 1.71. The lowest BCUT2D eigenvalue weighted by Crippen LogP contribution is -2.11. The topological polar surface area (TPSA) is 78.0 Å². The Morgan fingerprint density at radius 2 is 1.50 bits per heavy atom. The highest BCUT2D eigenvalue weighted by Crippen LogP contribution is 2.31. The predicted molar refractivity (Wildman–Crippen MR) is 115 cm³/mol. The summed E-state index contributed by atoms with van der Waals surface area (Å²) in [6.45, 7) is 0.674. The van der Waals surface area contributed by atoms with E-state index in [1.54, 1.807) is 24.3 Å². The fourth-order valence-electron chi connectivity index (χ4n) is 3.28. The second-order valence-corrected chi connectivity index (χ2v) is 8.53. The molecule has 0 aliphatic carbocycles. The summed E-state index contributed by atoms with van der Waals surface area (Å²) in [5, 5.41) is 9.92. The van der Waals surface area contributed by atoms with Crippen molar-refractivity contribution in [2.75, 3.05) is 0 Å². The Morgan fingerprint density at radius 3 is 2.13 bits per heavy atom. The number of primary sulfonamides is 1. The van der Waals surface area contributed by atoms with Crippen molar-refractivity contribution in [3.63, 3.8) is 0 Å². The minimum absolute atomic E-state index is 0.0399. The minimum atomic E-state index is -3.77. The molecule has 0 atom stereocenters. The van der Waals surface area contributed by atoms with Crippen molar-refractivity contribution in [2.45, 2.75) is 17.9 Å². The van der Waals surface area contributed by atoms with Gasteiger partial charge in [-0.2, -0.15) is 5.10 Å². The molecular weight excluding hydrogens is 401 g/mol. The monoisotopic (exact) mass is 421 g/mol. The van der Waals surface area contributed by atoms with Gasteiger partial charge in [0.05, 0.1) is 4.90 Å². The van der Waals surface area contributed by atoms with Crippen molar-refractivity contribution in [2.24, 2.45) is 5.14 Å². The predicted octanol–water partition coefficient (Wildman–Crippen LogP) is 4.25. The third-order valence-electron chi connectivity index (χ3n) is 4.85. The number of hydrogen-bond acceptors (Lipinski definition) is 3. The second-order valence-electron chi connectivity index (χ2n) is 6.97. The van der Waals surface area contributed by atoms with Crippen molar-refractivity contribution in [1.82, 2.24) is 9.78 Å². The smallest absolute Gasteiger partial charge is 0.238 e. The molecule has 0 amide bonds. The van der Waals surface area contributed by atoms with E-state index >= 15 is 0 Å². The molecule has 0 unspecified atom stereocenters. The Labute approximate surface area is 174 Å². The van der Waals surface area contributed by atoms with Gasteiger partial charge in [-0.25, -0.2) is 17.9 Å². The summed E-state index contributed by atoms with van der Waals surface area (Å²) < 4.78 is 38.4. The molecule has 0 saturated carbocycles. The van der Waals surface area contributed by atoms with Crippen molar-refractivity contribution >= 4 is 10.0 Å². The number of aromatic nitrogens is 2. The lowest BCUT2D eigenvalue weighted by molar-refractivity contribution is 0.598. The summed E-state index contributed by atoms with van der Waals surface area (Å²) in [5.74, 6) is -0.311. The summed E-state index contributed by atoms with van der Waals surface area (Å²) in [7, 11) is -3.77. The van der Waals surface area contributed by atoms with Crippen LogP contribution in [0.25, 0.3) is 22.4 Å². The zero-order valence-electron chi connectivity index (χ0n) is 16.1. The standard InChI is InChI=1S/C23H20FN3O2S/c24-20-10-6-18(7-11-20)22-16-27(15-14-17-4-2-1-3-5-17)26-23(22)19-8-12-21(13-9-19)30(25,28)29/h1-13,16H,14-15H2,(H2,25,28,29). The largest absolute Gasteiger partial charge is 0.271 e. The normalized spacial score (nSPS) is 11.5. The molecule has 1 heterocycles. The van der Waals surface area contributed by atoms with Crippen LogP contribution in [0.2, 0.25) is 0 Å².